The number of nitriles is 1. The summed E-state index contributed by atoms with van der Waals surface area (Å²) in [6.07, 6.45) is -0.330. The summed E-state index contributed by atoms with van der Waals surface area (Å²) in [5.41, 5.74) is -0.169. The third kappa shape index (κ3) is 11.0. The second-order valence-corrected chi connectivity index (χ2v) is 9.75. The molecule has 0 spiro atoms. The monoisotopic (exact) mass is 344 g/mol. The van der Waals surface area contributed by atoms with Gasteiger partial charge in [-0.05, 0) is 33.4 Å². The van der Waals surface area contributed by atoms with E-state index < -0.39 is 15.2 Å². The van der Waals surface area contributed by atoms with E-state index in [9.17, 15) is 13.3 Å². The van der Waals surface area contributed by atoms with Crippen LogP contribution in [-0.4, -0.2) is 38.1 Å². The molecule has 9 heteroatoms. The summed E-state index contributed by atoms with van der Waals surface area (Å²) in [6.45, 7) is 10.4. The molecule has 0 rings (SSSR count). The molecule has 3 atom stereocenters. The molecule has 0 radical (unpaired) electrons. The van der Waals surface area contributed by atoms with Gasteiger partial charge >= 0.3 is 15.2 Å². The van der Waals surface area contributed by atoms with E-state index in [2.05, 4.69) is 0 Å². The highest BCUT2D eigenvalue weighted by Gasteiger charge is 2.27. The molecule has 0 bridgehead atoms. The molecule has 0 aromatic carbocycles. The van der Waals surface area contributed by atoms with Gasteiger partial charge < -0.3 is 9.05 Å². The molecule has 0 aliphatic carbocycles. The Bertz CT molecular complexity index is 438. The van der Waals surface area contributed by atoms with Crippen molar-refractivity contribution in [3.8, 4) is 5.81 Å². The lowest BCUT2D eigenvalue weighted by molar-refractivity contribution is 0.0989. The number of rotatable bonds is 5. The minimum atomic E-state index is -3.82. The van der Waals surface area contributed by atoms with Gasteiger partial charge in [0.25, 0.3) is 0 Å². The lowest BCUT2D eigenvalue weighted by atomic mass is 9.91. The molecule has 0 aliphatic heterocycles. The van der Waals surface area contributed by atoms with Crippen LogP contribution in [0.1, 0.15) is 34.6 Å². The topological polar surface area (TPSA) is 79.6 Å². The van der Waals surface area contributed by atoms with Gasteiger partial charge in [-0.2, -0.15) is 9.46 Å². The molecular weight excluding hydrogens is 317 g/mol. The Hall–Kier alpha value is -0.240. The Kier molecular flexibility index (Phi) is 9.90. The van der Waals surface area contributed by atoms with Crippen LogP contribution in [0.3, 0.4) is 0 Å². The molecule has 0 saturated carbocycles. The highest BCUT2D eigenvalue weighted by molar-refractivity contribution is 7.61. The molecule has 0 aromatic rings. The van der Waals surface area contributed by atoms with E-state index in [0.717, 1.165) is 6.66 Å². The van der Waals surface area contributed by atoms with E-state index in [1.165, 1.54) is 4.67 Å². The Morgan fingerprint density at radius 2 is 1.76 bits per heavy atom. The summed E-state index contributed by atoms with van der Waals surface area (Å²) >= 11 is 0. The normalized spacial score (nSPS) is 18.7. The smallest absolute Gasteiger partial charge is 0.307 e. The van der Waals surface area contributed by atoms with Gasteiger partial charge in [0.05, 0.1) is 12.7 Å². The van der Waals surface area contributed by atoms with Crippen molar-refractivity contribution in [3.05, 3.63) is 0 Å². The lowest BCUT2D eigenvalue weighted by Gasteiger charge is -2.27. The Labute approximate surface area is 127 Å². The van der Waals surface area contributed by atoms with Gasteiger partial charge in [-0.15, -0.1) is 0 Å². The molecular formula is C12H27FN2O4P2. The van der Waals surface area contributed by atoms with Crippen LogP contribution in [0.2, 0.25) is 0 Å². The molecule has 0 saturated heterocycles. The largest absolute Gasteiger partial charge is 0.370 e. The van der Waals surface area contributed by atoms with Crippen LogP contribution in [0, 0.1) is 16.5 Å². The summed E-state index contributed by atoms with van der Waals surface area (Å²) in [7, 11) is -3.84. The van der Waals surface area contributed by atoms with Crippen molar-refractivity contribution < 1.29 is 22.4 Å². The van der Waals surface area contributed by atoms with Crippen LogP contribution in [0.25, 0.3) is 0 Å². The minimum Gasteiger partial charge on any atom is -0.307 e. The maximum Gasteiger partial charge on any atom is 0.370 e. The van der Waals surface area contributed by atoms with E-state index in [1.807, 2.05) is 20.8 Å². The van der Waals surface area contributed by atoms with Crippen molar-refractivity contribution in [1.82, 2.24) is 4.67 Å². The molecule has 0 heterocycles. The average Bonchev–Trinajstić information content (AvgIpc) is 2.26. The van der Waals surface area contributed by atoms with Crippen LogP contribution in [0.4, 0.5) is 4.20 Å². The standard InChI is InChI=1S/C7H16FO2P.C5H11N2O2P/c1-6(7(2,3)4)10-11(5,8)9;1-4-9-10(8,5-6)7(2)3/h6H,1-5H3;4H2,1-3H3. The molecule has 0 fully saturated rings. The fraction of sp³-hybridized carbons (Fsp3) is 0.917. The molecule has 126 valence electrons. The van der Waals surface area contributed by atoms with Crippen LogP contribution >= 0.6 is 15.2 Å². The second-order valence-electron chi connectivity index (χ2n) is 5.75. The van der Waals surface area contributed by atoms with Crippen molar-refractivity contribution in [1.29, 1.82) is 5.26 Å². The zero-order valence-corrected chi connectivity index (χ0v) is 15.9. The van der Waals surface area contributed by atoms with Crippen LogP contribution in [0.5, 0.6) is 0 Å². The number of halogens is 1. The molecule has 0 aliphatic rings. The zero-order chi connectivity index (χ0) is 17.5. The summed E-state index contributed by atoms with van der Waals surface area (Å²) in [5, 5.41) is 8.41. The van der Waals surface area contributed by atoms with Gasteiger partial charge in [-0.25, -0.2) is 4.67 Å². The first kappa shape index (κ1) is 23.0. The van der Waals surface area contributed by atoms with Crippen LogP contribution in [-0.2, 0) is 18.2 Å². The maximum absolute atomic E-state index is 12.5. The first-order valence-corrected chi connectivity index (χ1v) is 10.0. The zero-order valence-electron chi connectivity index (χ0n) is 14.1. The SMILES string of the molecule is CC(OP(C)(=O)F)C(C)(C)C.CCOP(=O)(C#N)N(C)C. The van der Waals surface area contributed by atoms with Gasteiger partial charge in [0.15, 0.2) is 5.81 Å². The van der Waals surface area contributed by atoms with Gasteiger partial charge in [-0.3, -0.25) is 9.13 Å². The van der Waals surface area contributed by atoms with Gasteiger partial charge in [-0.1, -0.05) is 20.8 Å². The Morgan fingerprint density at radius 3 is 1.86 bits per heavy atom. The fourth-order valence-electron chi connectivity index (χ4n) is 0.849. The number of hydrogen-bond donors (Lipinski definition) is 0. The summed E-state index contributed by atoms with van der Waals surface area (Å²) < 4.78 is 45.1. The van der Waals surface area contributed by atoms with Gasteiger partial charge in [0.2, 0.25) is 0 Å². The summed E-state index contributed by atoms with van der Waals surface area (Å²) in [6, 6.07) is 0. The average molecular weight is 344 g/mol. The lowest BCUT2D eigenvalue weighted by Crippen LogP contribution is -2.24. The van der Waals surface area contributed by atoms with E-state index in [0.29, 0.717) is 6.61 Å². The van der Waals surface area contributed by atoms with Crippen molar-refractivity contribution >= 4 is 15.2 Å². The summed E-state index contributed by atoms with van der Waals surface area (Å²) in [4.78, 5) is 0. The number of hydrogen-bond acceptors (Lipinski definition) is 5. The molecule has 0 aromatic heterocycles. The van der Waals surface area contributed by atoms with E-state index in [4.69, 9.17) is 14.3 Å². The first-order chi connectivity index (χ1) is 9.19. The molecule has 3 unspecified atom stereocenters. The number of nitrogens with zero attached hydrogens (tertiary/aromatic N) is 2. The quantitative estimate of drug-likeness (QED) is 0.684. The van der Waals surface area contributed by atoms with Crippen LogP contribution in [0.15, 0.2) is 0 Å². The van der Waals surface area contributed by atoms with Crippen molar-refractivity contribution in [3.63, 3.8) is 0 Å². The Morgan fingerprint density at radius 1 is 1.33 bits per heavy atom. The third-order valence-electron chi connectivity index (χ3n) is 2.52. The third-order valence-corrected chi connectivity index (χ3v) is 5.13. The molecule has 0 amide bonds. The highest BCUT2D eigenvalue weighted by Crippen LogP contribution is 2.48. The first-order valence-electron chi connectivity index (χ1n) is 6.49. The van der Waals surface area contributed by atoms with Crippen molar-refractivity contribution in [2.75, 3.05) is 27.4 Å². The minimum absolute atomic E-state index is 0.169. The molecule has 6 nitrogen and oxygen atoms in total. The van der Waals surface area contributed by atoms with E-state index in [1.54, 1.807) is 33.8 Å². The van der Waals surface area contributed by atoms with E-state index >= 15 is 0 Å². The van der Waals surface area contributed by atoms with Gasteiger partial charge in [0.1, 0.15) is 0 Å². The van der Waals surface area contributed by atoms with E-state index in [-0.39, 0.29) is 11.5 Å². The highest BCUT2D eigenvalue weighted by atomic mass is 31.2. The predicted octanol–water partition coefficient (Wildman–Crippen LogP) is 4.49. The fourth-order valence-corrected chi connectivity index (χ4v) is 2.55. The van der Waals surface area contributed by atoms with Crippen LogP contribution < -0.4 is 0 Å². The Balaban J connectivity index is 0. The molecule has 21 heavy (non-hydrogen) atoms. The second kappa shape index (κ2) is 9.02. The van der Waals surface area contributed by atoms with Gasteiger partial charge in [0, 0.05) is 6.66 Å². The van der Waals surface area contributed by atoms with Crippen molar-refractivity contribution in [2.24, 2.45) is 5.41 Å². The predicted molar refractivity (Wildman–Crippen MR) is 83.2 cm³/mol. The van der Waals surface area contributed by atoms with Crippen molar-refractivity contribution in [2.45, 2.75) is 40.7 Å². The maximum atomic E-state index is 12.5. The summed E-state index contributed by atoms with van der Waals surface area (Å²) in [5.74, 6) is 1.64. The molecule has 0 N–H and O–H groups in total.